The molecule has 90 valence electrons. The zero-order valence-corrected chi connectivity index (χ0v) is 9.77. The lowest BCUT2D eigenvalue weighted by Gasteiger charge is -2.45. The molecule has 0 radical (unpaired) electrons. The quantitative estimate of drug-likeness (QED) is 0.795. The fourth-order valence-electron chi connectivity index (χ4n) is 3.50. The summed E-state index contributed by atoms with van der Waals surface area (Å²) in [7, 11) is 0. The van der Waals surface area contributed by atoms with Gasteiger partial charge in [0.05, 0.1) is 5.92 Å². The normalized spacial score (nSPS) is 37.0. The van der Waals surface area contributed by atoms with Gasteiger partial charge in [-0.2, -0.15) is 0 Å². The Morgan fingerprint density at radius 3 is 2.44 bits per heavy atom. The van der Waals surface area contributed by atoms with Gasteiger partial charge in [-0.15, -0.1) is 0 Å². The van der Waals surface area contributed by atoms with Gasteiger partial charge in [0.2, 0.25) is 0 Å². The molecule has 3 fully saturated rings. The van der Waals surface area contributed by atoms with Crippen molar-refractivity contribution >= 4 is 5.97 Å². The second-order valence-corrected chi connectivity index (χ2v) is 5.91. The van der Waals surface area contributed by atoms with E-state index in [4.69, 9.17) is 5.11 Å². The third-order valence-corrected chi connectivity index (χ3v) is 4.75. The predicted molar refractivity (Wildman–Crippen MR) is 61.2 cm³/mol. The second kappa shape index (κ2) is 4.02. The number of hydrogen-bond acceptors (Lipinski definition) is 2. The summed E-state index contributed by atoms with van der Waals surface area (Å²) in [5.41, 5.74) is 0. The molecule has 1 saturated heterocycles. The molecule has 0 bridgehead atoms. The van der Waals surface area contributed by atoms with Crippen LogP contribution in [-0.4, -0.2) is 35.1 Å². The SMILES string of the molecule is O=C(O)C1CN(C2CCCC(C3CC3)C2)C1. The third-order valence-electron chi connectivity index (χ3n) is 4.75. The van der Waals surface area contributed by atoms with E-state index in [2.05, 4.69) is 4.90 Å². The molecule has 0 aromatic carbocycles. The molecular formula is C13H21NO2. The van der Waals surface area contributed by atoms with Gasteiger partial charge in [0.25, 0.3) is 0 Å². The highest BCUT2D eigenvalue weighted by Crippen LogP contribution is 2.45. The van der Waals surface area contributed by atoms with Crippen LogP contribution in [0, 0.1) is 17.8 Å². The van der Waals surface area contributed by atoms with Crippen LogP contribution in [-0.2, 0) is 4.79 Å². The van der Waals surface area contributed by atoms with Crippen molar-refractivity contribution in [2.24, 2.45) is 17.8 Å². The number of carbonyl (C=O) groups is 1. The van der Waals surface area contributed by atoms with Crippen LogP contribution in [0.5, 0.6) is 0 Å². The van der Waals surface area contributed by atoms with Crippen LogP contribution in [0.2, 0.25) is 0 Å². The van der Waals surface area contributed by atoms with Gasteiger partial charge in [0.15, 0.2) is 0 Å². The van der Waals surface area contributed by atoms with E-state index in [0.29, 0.717) is 6.04 Å². The van der Waals surface area contributed by atoms with Crippen LogP contribution < -0.4 is 0 Å². The average Bonchev–Trinajstić information content (AvgIpc) is 2.98. The summed E-state index contributed by atoms with van der Waals surface area (Å²) in [6.45, 7) is 1.61. The summed E-state index contributed by atoms with van der Waals surface area (Å²) >= 11 is 0. The van der Waals surface area contributed by atoms with E-state index in [1.165, 1.54) is 38.5 Å². The molecule has 0 spiro atoms. The van der Waals surface area contributed by atoms with E-state index in [0.717, 1.165) is 24.9 Å². The van der Waals surface area contributed by atoms with Crippen molar-refractivity contribution in [3.05, 3.63) is 0 Å². The van der Waals surface area contributed by atoms with Gasteiger partial charge >= 0.3 is 5.97 Å². The van der Waals surface area contributed by atoms with Gasteiger partial charge in [-0.3, -0.25) is 9.69 Å². The average molecular weight is 223 g/mol. The first-order valence-corrected chi connectivity index (χ1v) is 6.71. The molecule has 3 heteroatoms. The Balaban J connectivity index is 1.50. The third kappa shape index (κ3) is 1.97. The fraction of sp³-hybridized carbons (Fsp3) is 0.923. The zero-order chi connectivity index (χ0) is 11.1. The Morgan fingerprint density at radius 1 is 1.06 bits per heavy atom. The first-order valence-electron chi connectivity index (χ1n) is 6.71. The van der Waals surface area contributed by atoms with Crippen LogP contribution in [0.25, 0.3) is 0 Å². The standard InChI is InChI=1S/C13H21NO2/c15-13(16)11-7-14(8-11)12-3-1-2-10(6-12)9-4-5-9/h9-12H,1-8H2,(H,15,16). The molecule has 0 amide bonds. The summed E-state index contributed by atoms with van der Waals surface area (Å²) < 4.78 is 0. The lowest BCUT2D eigenvalue weighted by molar-refractivity contribution is -0.149. The topological polar surface area (TPSA) is 40.5 Å². The Labute approximate surface area is 96.8 Å². The van der Waals surface area contributed by atoms with Crippen LogP contribution >= 0.6 is 0 Å². The second-order valence-electron chi connectivity index (χ2n) is 5.91. The van der Waals surface area contributed by atoms with Crippen molar-refractivity contribution in [1.82, 2.24) is 4.90 Å². The predicted octanol–water partition coefficient (Wildman–Crippen LogP) is 1.97. The zero-order valence-electron chi connectivity index (χ0n) is 9.77. The highest BCUT2D eigenvalue weighted by atomic mass is 16.4. The smallest absolute Gasteiger partial charge is 0.309 e. The fourth-order valence-corrected chi connectivity index (χ4v) is 3.50. The largest absolute Gasteiger partial charge is 0.481 e. The van der Waals surface area contributed by atoms with E-state index < -0.39 is 5.97 Å². The molecule has 3 nitrogen and oxygen atoms in total. The minimum Gasteiger partial charge on any atom is -0.481 e. The summed E-state index contributed by atoms with van der Waals surface area (Å²) in [5.74, 6) is 1.30. The van der Waals surface area contributed by atoms with Gasteiger partial charge in [-0.1, -0.05) is 12.8 Å². The Hall–Kier alpha value is -0.570. The Kier molecular flexibility index (Phi) is 2.66. The van der Waals surface area contributed by atoms with Crippen LogP contribution in [0.4, 0.5) is 0 Å². The number of rotatable bonds is 3. The molecule has 2 atom stereocenters. The van der Waals surface area contributed by atoms with E-state index >= 15 is 0 Å². The first kappa shape index (κ1) is 10.6. The summed E-state index contributed by atoms with van der Waals surface area (Å²) in [6, 6.07) is 0.704. The summed E-state index contributed by atoms with van der Waals surface area (Å²) in [4.78, 5) is 13.2. The van der Waals surface area contributed by atoms with Gasteiger partial charge in [0.1, 0.15) is 0 Å². The summed E-state index contributed by atoms with van der Waals surface area (Å²) in [6.07, 6.45) is 8.34. The lowest BCUT2D eigenvalue weighted by Crippen LogP contribution is -2.55. The van der Waals surface area contributed by atoms with Gasteiger partial charge < -0.3 is 5.11 Å². The van der Waals surface area contributed by atoms with E-state index in [1.807, 2.05) is 0 Å². The molecule has 3 rings (SSSR count). The minimum absolute atomic E-state index is 0.0821. The van der Waals surface area contributed by atoms with Crippen molar-refractivity contribution in [3.63, 3.8) is 0 Å². The number of hydrogen-bond donors (Lipinski definition) is 1. The van der Waals surface area contributed by atoms with Gasteiger partial charge in [-0.05, 0) is 37.5 Å². The monoisotopic (exact) mass is 223 g/mol. The molecule has 3 aliphatic rings. The molecule has 1 heterocycles. The Bertz CT molecular complexity index is 282. The van der Waals surface area contributed by atoms with Crippen LogP contribution in [0.1, 0.15) is 38.5 Å². The van der Waals surface area contributed by atoms with Crippen molar-refractivity contribution in [3.8, 4) is 0 Å². The molecule has 1 aliphatic heterocycles. The first-order chi connectivity index (χ1) is 7.74. The van der Waals surface area contributed by atoms with E-state index in [9.17, 15) is 4.79 Å². The van der Waals surface area contributed by atoms with Gasteiger partial charge in [-0.25, -0.2) is 0 Å². The molecule has 2 saturated carbocycles. The van der Waals surface area contributed by atoms with Crippen molar-refractivity contribution in [2.75, 3.05) is 13.1 Å². The van der Waals surface area contributed by atoms with Crippen molar-refractivity contribution in [1.29, 1.82) is 0 Å². The molecule has 0 aromatic rings. The Morgan fingerprint density at radius 2 is 1.81 bits per heavy atom. The van der Waals surface area contributed by atoms with Crippen molar-refractivity contribution < 1.29 is 9.90 Å². The molecule has 1 N–H and O–H groups in total. The van der Waals surface area contributed by atoms with Gasteiger partial charge in [0, 0.05) is 19.1 Å². The molecular weight excluding hydrogens is 202 g/mol. The number of likely N-dealkylation sites (tertiary alicyclic amines) is 1. The molecule has 2 unspecified atom stereocenters. The van der Waals surface area contributed by atoms with Crippen LogP contribution in [0.15, 0.2) is 0 Å². The highest BCUT2D eigenvalue weighted by Gasteiger charge is 2.41. The lowest BCUT2D eigenvalue weighted by atomic mass is 9.80. The summed E-state index contributed by atoms with van der Waals surface area (Å²) in [5, 5.41) is 8.87. The molecule has 0 aromatic heterocycles. The van der Waals surface area contributed by atoms with Crippen molar-refractivity contribution in [2.45, 2.75) is 44.6 Å². The maximum atomic E-state index is 10.8. The van der Waals surface area contributed by atoms with E-state index in [-0.39, 0.29) is 5.92 Å². The maximum Gasteiger partial charge on any atom is 0.309 e. The maximum absolute atomic E-state index is 10.8. The number of aliphatic carboxylic acids is 1. The van der Waals surface area contributed by atoms with Crippen LogP contribution in [0.3, 0.4) is 0 Å². The number of carboxylic acids is 1. The number of carboxylic acid groups (broad SMARTS) is 1. The van der Waals surface area contributed by atoms with E-state index in [1.54, 1.807) is 0 Å². The highest BCUT2D eigenvalue weighted by molar-refractivity contribution is 5.71. The molecule has 2 aliphatic carbocycles. The molecule has 16 heavy (non-hydrogen) atoms. The number of nitrogens with zero attached hydrogens (tertiary/aromatic N) is 1. The minimum atomic E-state index is -0.606.